The highest BCUT2D eigenvalue weighted by Gasteiger charge is 2.30. The second kappa shape index (κ2) is 7.92. The van der Waals surface area contributed by atoms with Crippen molar-refractivity contribution in [1.82, 2.24) is 9.88 Å². The molecular weight excluding hydrogens is 356 g/mol. The summed E-state index contributed by atoms with van der Waals surface area (Å²) in [6.07, 6.45) is 1.09. The van der Waals surface area contributed by atoms with Crippen molar-refractivity contribution in [1.29, 1.82) is 0 Å². The third-order valence-corrected chi connectivity index (χ3v) is 5.19. The first-order valence-corrected chi connectivity index (χ1v) is 9.59. The zero-order valence-corrected chi connectivity index (χ0v) is 16.1. The number of piperidine rings is 1. The fourth-order valence-corrected chi connectivity index (χ4v) is 3.63. The van der Waals surface area contributed by atoms with E-state index in [1.807, 2.05) is 53.4 Å². The summed E-state index contributed by atoms with van der Waals surface area (Å²) >= 11 is 0. The molecule has 146 valence electrons. The Bertz CT molecular complexity index is 927. The van der Waals surface area contributed by atoms with Crippen LogP contribution in [-0.2, 0) is 4.79 Å². The number of carbonyl (C=O) groups is 1. The lowest BCUT2D eigenvalue weighted by Gasteiger charge is -2.32. The minimum Gasteiger partial charge on any atom is -0.493 e. The van der Waals surface area contributed by atoms with Crippen molar-refractivity contribution in [2.45, 2.75) is 31.8 Å². The number of amides is 1. The molecule has 0 N–H and O–H groups in total. The van der Waals surface area contributed by atoms with Crippen molar-refractivity contribution in [3.8, 4) is 11.5 Å². The van der Waals surface area contributed by atoms with E-state index in [9.17, 15) is 4.79 Å². The number of aromatic nitrogens is 1. The molecule has 1 amide bonds. The van der Waals surface area contributed by atoms with Crippen LogP contribution in [0.4, 0.5) is 0 Å². The molecule has 0 unspecified atom stereocenters. The van der Waals surface area contributed by atoms with E-state index in [0.717, 1.165) is 29.8 Å². The zero-order valence-electron chi connectivity index (χ0n) is 16.1. The summed E-state index contributed by atoms with van der Waals surface area (Å²) in [5, 5.41) is 0. The number of hydrogen-bond acceptors (Lipinski definition) is 5. The Balaban J connectivity index is 1.36. The molecule has 1 aliphatic heterocycles. The molecule has 1 fully saturated rings. The molecule has 1 aromatic heterocycles. The van der Waals surface area contributed by atoms with Crippen LogP contribution >= 0.6 is 0 Å². The van der Waals surface area contributed by atoms with Crippen molar-refractivity contribution in [3.05, 3.63) is 54.4 Å². The Labute approximate surface area is 164 Å². The van der Waals surface area contributed by atoms with Crippen LogP contribution in [0.5, 0.6) is 11.5 Å². The average Bonchev–Trinajstić information content (AvgIpc) is 3.18. The number of fused-ring (bicyclic) bond motifs is 1. The molecule has 1 aliphatic rings. The van der Waals surface area contributed by atoms with E-state index in [0.29, 0.717) is 24.6 Å². The summed E-state index contributed by atoms with van der Waals surface area (Å²) in [4.78, 5) is 19.3. The van der Waals surface area contributed by atoms with E-state index in [4.69, 9.17) is 13.9 Å². The maximum atomic E-state index is 12.8. The van der Waals surface area contributed by atoms with Gasteiger partial charge in [0.25, 0.3) is 5.91 Å². The van der Waals surface area contributed by atoms with Crippen molar-refractivity contribution in [3.63, 3.8) is 0 Å². The fraction of sp³-hybridized carbons (Fsp3) is 0.364. The molecule has 1 saturated heterocycles. The van der Waals surface area contributed by atoms with E-state index in [2.05, 4.69) is 4.98 Å². The Morgan fingerprint density at radius 3 is 2.50 bits per heavy atom. The van der Waals surface area contributed by atoms with E-state index in [1.54, 1.807) is 14.0 Å². The number of carbonyl (C=O) groups excluding carboxylic acids is 1. The molecule has 3 aromatic rings. The number of hydrogen-bond donors (Lipinski definition) is 0. The van der Waals surface area contributed by atoms with E-state index < -0.39 is 6.10 Å². The molecule has 0 spiro atoms. The molecular formula is C22H24N2O4. The highest BCUT2D eigenvalue weighted by Crippen LogP contribution is 2.31. The van der Waals surface area contributed by atoms with Crippen LogP contribution in [0, 0.1) is 0 Å². The van der Waals surface area contributed by atoms with Crippen LogP contribution in [0.25, 0.3) is 11.1 Å². The number of benzene rings is 2. The van der Waals surface area contributed by atoms with Gasteiger partial charge in [-0.05, 0) is 44.0 Å². The third-order valence-electron chi connectivity index (χ3n) is 5.19. The number of nitrogens with zero attached hydrogens (tertiary/aromatic N) is 2. The van der Waals surface area contributed by atoms with Gasteiger partial charge in [0, 0.05) is 19.0 Å². The Kier molecular flexibility index (Phi) is 5.19. The highest BCUT2D eigenvalue weighted by molar-refractivity contribution is 5.81. The van der Waals surface area contributed by atoms with Gasteiger partial charge in [-0.25, -0.2) is 4.98 Å². The summed E-state index contributed by atoms with van der Waals surface area (Å²) in [7, 11) is 1.59. The molecule has 0 radical (unpaired) electrons. The van der Waals surface area contributed by atoms with Gasteiger partial charge >= 0.3 is 0 Å². The topological polar surface area (TPSA) is 64.8 Å². The first-order chi connectivity index (χ1) is 13.7. The van der Waals surface area contributed by atoms with Crippen LogP contribution in [0.3, 0.4) is 0 Å². The SMILES string of the molecule is COc1ccccc1O[C@@H](C)C(=O)N1CCC(c2nc3ccccc3o2)CC1. The van der Waals surface area contributed by atoms with Crippen LogP contribution < -0.4 is 9.47 Å². The molecule has 1 atom stereocenters. The lowest BCUT2D eigenvalue weighted by Crippen LogP contribution is -2.44. The van der Waals surface area contributed by atoms with Gasteiger partial charge in [0.2, 0.25) is 0 Å². The van der Waals surface area contributed by atoms with Crippen LogP contribution in [0.15, 0.2) is 52.9 Å². The lowest BCUT2D eigenvalue weighted by molar-refractivity contribution is -0.139. The number of oxazole rings is 1. The summed E-state index contributed by atoms with van der Waals surface area (Å²) in [6, 6.07) is 15.1. The first kappa shape index (κ1) is 18.3. The maximum absolute atomic E-state index is 12.8. The number of ether oxygens (including phenoxy) is 2. The molecule has 28 heavy (non-hydrogen) atoms. The largest absolute Gasteiger partial charge is 0.493 e. The second-order valence-electron chi connectivity index (χ2n) is 7.03. The fourth-order valence-electron chi connectivity index (χ4n) is 3.63. The number of para-hydroxylation sites is 4. The highest BCUT2D eigenvalue weighted by atomic mass is 16.5. The predicted molar refractivity (Wildman–Crippen MR) is 106 cm³/mol. The van der Waals surface area contributed by atoms with Crippen molar-refractivity contribution >= 4 is 17.0 Å². The summed E-state index contributed by atoms with van der Waals surface area (Å²) in [5.74, 6) is 2.19. The molecule has 4 rings (SSSR count). The van der Waals surface area contributed by atoms with Crippen LogP contribution in [-0.4, -0.2) is 42.1 Å². The third kappa shape index (κ3) is 3.67. The molecule has 2 heterocycles. The van der Waals surface area contributed by atoms with E-state index in [-0.39, 0.29) is 11.8 Å². The van der Waals surface area contributed by atoms with Gasteiger partial charge in [-0.1, -0.05) is 24.3 Å². The quantitative estimate of drug-likeness (QED) is 0.669. The molecule has 0 aliphatic carbocycles. The Morgan fingerprint density at radius 2 is 1.79 bits per heavy atom. The molecule has 6 nitrogen and oxygen atoms in total. The minimum absolute atomic E-state index is 0.0121. The summed E-state index contributed by atoms with van der Waals surface area (Å²) < 4.78 is 17.0. The molecule has 0 bridgehead atoms. The predicted octanol–water partition coefficient (Wildman–Crippen LogP) is 4.01. The smallest absolute Gasteiger partial charge is 0.263 e. The lowest BCUT2D eigenvalue weighted by atomic mass is 9.96. The standard InChI is InChI=1S/C22H24N2O4/c1-15(27-20-10-6-5-9-19(20)26-2)22(25)24-13-11-16(12-14-24)21-23-17-7-3-4-8-18(17)28-21/h3-10,15-16H,11-14H2,1-2H3/t15-/m0/s1. The summed E-state index contributed by atoms with van der Waals surface area (Å²) in [6.45, 7) is 3.12. The second-order valence-corrected chi connectivity index (χ2v) is 7.03. The van der Waals surface area contributed by atoms with Gasteiger partial charge in [0.05, 0.1) is 7.11 Å². The number of methoxy groups -OCH3 is 1. The Hall–Kier alpha value is -3.02. The van der Waals surface area contributed by atoms with Gasteiger partial charge in [0.1, 0.15) is 5.52 Å². The van der Waals surface area contributed by atoms with Crippen LogP contribution in [0.1, 0.15) is 31.6 Å². The Morgan fingerprint density at radius 1 is 1.11 bits per heavy atom. The van der Waals surface area contributed by atoms with Gasteiger partial charge in [-0.2, -0.15) is 0 Å². The van der Waals surface area contributed by atoms with Gasteiger partial charge in [-0.3, -0.25) is 4.79 Å². The first-order valence-electron chi connectivity index (χ1n) is 9.59. The van der Waals surface area contributed by atoms with Crippen molar-refractivity contribution in [2.24, 2.45) is 0 Å². The van der Waals surface area contributed by atoms with E-state index >= 15 is 0 Å². The monoisotopic (exact) mass is 380 g/mol. The molecule has 6 heteroatoms. The maximum Gasteiger partial charge on any atom is 0.263 e. The van der Waals surface area contributed by atoms with Gasteiger partial charge < -0.3 is 18.8 Å². The molecule has 2 aromatic carbocycles. The molecule has 0 saturated carbocycles. The van der Waals surface area contributed by atoms with Gasteiger partial charge in [-0.15, -0.1) is 0 Å². The van der Waals surface area contributed by atoms with Crippen molar-refractivity contribution < 1.29 is 18.7 Å². The number of rotatable bonds is 5. The van der Waals surface area contributed by atoms with Crippen molar-refractivity contribution in [2.75, 3.05) is 20.2 Å². The van der Waals surface area contributed by atoms with E-state index in [1.165, 1.54) is 0 Å². The van der Waals surface area contributed by atoms with Crippen LogP contribution in [0.2, 0.25) is 0 Å². The minimum atomic E-state index is -0.572. The normalized spacial score (nSPS) is 16.1. The van der Waals surface area contributed by atoms with Gasteiger partial charge in [0.15, 0.2) is 29.1 Å². The zero-order chi connectivity index (χ0) is 19.5. The average molecular weight is 380 g/mol. The number of likely N-dealkylation sites (tertiary alicyclic amines) is 1. The summed E-state index contributed by atoms with van der Waals surface area (Å²) in [5.41, 5.74) is 1.70.